The maximum atomic E-state index is 12.5. The van der Waals surface area contributed by atoms with E-state index in [1.165, 1.54) is 61.4 Å². The largest absolute Gasteiger partial charge is 0.478 e. The van der Waals surface area contributed by atoms with Crippen LogP contribution in [-0.4, -0.2) is 59.4 Å². The molecule has 1 saturated heterocycles. The molecule has 11 heteroatoms. The van der Waals surface area contributed by atoms with Gasteiger partial charge in [0.2, 0.25) is 6.08 Å². The molecule has 1 aliphatic heterocycles. The Morgan fingerprint density at radius 2 is 1.67 bits per heavy atom. The summed E-state index contributed by atoms with van der Waals surface area (Å²) in [7, 11) is 2.26. The molecule has 10 nitrogen and oxygen atoms in total. The van der Waals surface area contributed by atoms with Gasteiger partial charge in [-0.25, -0.2) is 19.2 Å². The third-order valence-electron chi connectivity index (χ3n) is 9.35. The lowest BCUT2D eigenvalue weighted by molar-refractivity contribution is 0.00275. The zero-order valence-electron chi connectivity index (χ0n) is 27.7. The van der Waals surface area contributed by atoms with Crippen molar-refractivity contribution in [1.82, 2.24) is 4.90 Å². The summed E-state index contributed by atoms with van der Waals surface area (Å²) in [6, 6.07) is 19.0. The van der Waals surface area contributed by atoms with E-state index < -0.39 is 23.6 Å². The van der Waals surface area contributed by atoms with E-state index in [2.05, 4.69) is 34.4 Å². The summed E-state index contributed by atoms with van der Waals surface area (Å²) < 4.78 is 10.8. The van der Waals surface area contributed by atoms with Gasteiger partial charge in [0.25, 0.3) is 0 Å². The highest BCUT2D eigenvalue weighted by atomic mass is 35.5. The fourth-order valence-corrected chi connectivity index (χ4v) is 7.25. The number of aromatic carboxylic acids is 1. The van der Waals surface area contributed by atoms with E-state index in [-0.39, 0.29) is 23.4 Å². The number of amides is 1. The van der Waals surface area contributed by atoms with E-state index in [1.807, 2.05) is 6.07 Å². The maximum Gasteiger partial charge on any atom is 0.417 e. The Balaban J connectivity index is 0.000000261. The van der Waals surface area contributed by atoms with Gasteiger partial charge in [-0.15, -0.1) is 12.4 Å². The van der Waals surface area contributed by atoms with E-state index in [4.69, 9.17) is 14.6 Å². The summed E-state index contributed by atoms with van der Waals surface area (Å²) >= 11 is 0. The number of nitrogens with zero attached hydrogens (tertiary/aromatic N) is 2. The number of benzene rings is 3. The highest BCUT2D eigenvalue weighted by molar-refractivity contribution is 5.91. The van der Waals surface area contributed by atoms with Crippen LogP contribution in [0.15, 0.2) is 71.7 Å². The van der Waals surface area contributed by atoms with Crippen molar-refractivity contribution in [2.24, 2.45) is 10.9 Å². The summed E-state index contributed by atoms with van der Waals surface area (Å²) in [6.45, 7) is 6.53. The van der Waals surface area contributed by atoms with Crippen molar-refractivity contribution in [1.29, 1.82) is 0 Å². The smallest absolute Gasteiger partial charge is 0.417 e. The summed E-state index contributed by atoms with van der Waals surface area (Å²) in [6.07, 6.45) is 8.18. The van der Waals surface area contributed by atoms with Crippen molar-refractivity contribution < 1.29 is 33.8 Å². The number of carboxylic acids is 1. The van der Waals surface area contributed by atoms with E-state index in [9.17, 15) is 19.2 Å². The first-order valence-corrected chi connectivity index (χ1v) is 16.0. The minimum atomic E-state index is -1.00. The normalized spacial score (nSPS) is 20.9. The highest BCUT2D eigenvalue weighted by Crippen LogP contribution is 2.56. The number of piperidine rings is 1. The quantitative estimate of drug-likeness (QED) is 0.160. The second-order valence-electron chi connectivity index (χ2n) is 13.5. The second kappa shape index (κ2) is 15.2. The summed E-state index contributed by atoms with van der Waals surface area (Å²) in [4.78, 5) is 51.0. The predicted octanol–water partition coefficient (Wildman–Crippen LogP) is 7.71. The number of carboxylic acid groups (broad SMARTS) is 1. The Morgan fingerprint density at radius 1 is 0.979 bits per heavy atom. The average molecular weight is 676 g/mol. The molecule has 2 fully saturated rings. The molecule has 0 unspecified atom stereocenters. The first-order chi connectivity index (χ1) is 22.4. The maximum absolute atomic E-state index is 12.5. The number of anilines is 1. The van der Waals surface area contributed by atoms with Crippen LogP contribution in [0.3, 0.4) is 0 Å². The summed E-state index contributed by atoms with van der Waals surface area (Å²) in [5, 5.41) is 11.7. The van der Waals surface area contributed by atoms with Crippen LogP contribution in [0.2, 0.25) is 0 Å². The number of halogens is 1. The molecule has 0 spiro atoms. The number of nitrogens with one attached hydrogen (secondary N) is 1. The van der Waals surface area contributed by atoms with Crippen LogP contribution in [0.1, 0.15) is 84.7 Å². The van der Waals surface area contributed by atoms with E-state index in [0.29, 0.717) is 34.6 Å². The molecule has 3 atom stereocenters. The fraction of sp³-hybridized carbons (Fsp3) is 0.405. The predicted molar refractivity (Wildman–Crippen MR) is 185 cm³/mol. The van der Waals surface area contributed by atoms with Gasteiger partial charge in [-0.05, 0) is 138 Å². The Hall–Kier alpha value is -4.50. The second-order valence-corrected chi connectivity index (χ2v) is 13.5. The number of fused-ring (bicyclic) bond motifs is 1. The lowest BCUT2D eigenvalue weighted by Gasteiger charge is -2.58. The van der Waals surface area contributed by atoms with Gasteiger partial charge < -0.3 is 19.5 Å². The van der Waals surface area contributed by atoms with Gasteiger partial charge in [0.05, 0.1) is 16.8 Å². The number of carbonyl (C=O) groups excluding carboxylic acids is 3. The third-order valence-corrected chi connectivity index (χ3v) is 9.35. The van der Waals surface area contributed by atoms with Crippen LogP contribution >= 0.6 is 12.4 Å². The number of rotatable bonds is 5. The molecular weight excluding hydrogens is 634 g/mol. The van der Waals surface area contributed by atoms with E-state index in [0.717, 1.165) is 13.0 Å². The number of carbonyl (C=O) groups is 3. The van der Waals surface area contributed by atoms with Crippen molar-refractivity contribution >= 4 is 47.9 Å². The van der Waals surface area contributed by atoms with Gasteiger partial charge >= 0.3 is 18.0 Å². The summed E-state index contributed by atoms with van der Waals surface area (Å²) in [5.74, 6) is -0.146. The topological polar surface area (TPSA) is 135 Å². The van der Waals surface area contributed by atoms with Gasteiger partial charge in [0.15, 0.2) is 0 Å². The minimum Gasteiger partial charge on any atom is -0.478 e. The molecule has 6 rings (SSSR count). The number of aliphatic imine (C=N–C) groups is 1. The van der Waals surface area contributed by atoms with E-state index >= 15 is 0 Å². The number of esters is 1. The molecule has 0 aromatic heterocycles. The molecule has 48 heavy (non-hydrogen) atoms. The average Bonchev–Trinajstić information content (AvgIpc) is 3.03. The SMILES string of the molecule is CC(C)(C)OC(=O)c1ccc(N=C=O)cc1.CN1CC[C@@]23CCCC[C@@H]2[C@@H]1Cc1ccc(OC(=O)Nc2ccc(C(=O)O)cc2)cc13.Cl. The monoisotopic (exact) mass is 675 g/mol. The zero-order valence-corrected chi connectivity index (χ0v) is 28.5. The van der Waals surface area contributed by atoms with Crippen LogP contribution in [-0.2, 0) is 21.4 Å². The lowest BCUT2D eigenvalue weighted by atomic mass is 9.52. The first kappa shape index (κ1) is 36.3. The van der Waals surface area contributed by atoms with Crippen molar-refractivity contribution in [3.05, 3.63) is 89.0 Å². The number of hydrogen-bond donors (Lipinski definition) is 2. The lowest BCUT2D eigenvalue weighted by Crippen LogP contribution is -2.59. The number of likely N-dealkylation sites (tertiary alicyclic amines) is 1. The van der Waals surface area contributed by atoms with E-state index in [1.54, 1.807) is 57.2 Å². The first-order valence-electron chi connectivity index (χ1n) is 16.0. The van der Waals surface area contributed by atoms with Gasteiger partial charge in [0, 0.05) is 17.1 Å². The van der Waals surface area contributed by atoms with Gasteiger partial charge in [-0.1, -0.05) is 18.9 Å². The number of isocyanates is 1. The van der Waals surface area contributed by atoms with Crippen LogP contribution in [0.4, 0.5) is 16.2 Å². The Kier molecular flexibility index (Phi) is 11.5. The molecular formula is C37H42ClN3O7. The Morgan fingerprint density at radius 3 is 2.31 bits per heavy atom. The highest BCUT2D eigenvalue weighted by Gasteiger charge is 2.53. The molecule has 1 heterocycles. The van der Waals surface area contributed by atoms with Gasteiger partial charge in [-0.2, -0.15) is 4.99 Å². The van der Waals surface area contributed by atoms with Gasteiger partial charge in [0.1, 0.15) is 11.4 Å². The van der Waals surface area contributed by atoms with Crippen LogP contribution in [0.5, 0.6) is 5.75 Å². The van der Waals surface area contributed by atoms with Gasteiger partial charge in [-0.3, -0.25) is 5.32 Å². The molecule has 2 aliphatic carbocycles. The minimum absolute atomic E-state index is 0. The summed E-state index contributed by atoms with van der Waals surface area (Å²) in [5.41, 5.74) is 4.04. The Bertz CT molecular complexity index is 1680. The molecule has 3 aromatic rings. The van der Waals surface area contributed by atoms with Crippen molar-refractivity contribution in [3.63, 3.8) is 0 Å². The van der Waals surface area contributed by atoms with Crippen molar-refractivity contribution in [3.8, 4) is 5.75 Å². The number of likely N-dealkylation sites (N-methyl/N-ethyl adjacent to an activating group) is 1. The van der Waals surface area contributed by atoms with Crippen LogP contribution in [0, 0.1) is 5.92 Å². The zero-order chi connectivity index (χ0) is 33.8. The number of hydrogen-bond acceptors (Lipinski definition) is 8. The number of ether oxygens (including phenoxy) is 2. The van der Waals surface area contributed by atoms with Crippen molar-refractivity contribution in [2.45, 2.75) is 76.4 Å². The molecule has 0 radical (unpaired) electrons. The molecule has 3 aliphatic rings. The molecule has 1 saturated carbocycles. The molecule has 254 valence electrons. The molecule has 3 aromatic carbocycles. The fourth-order valence-electron chi connectivity index (χ4n) is 7.25. The Labute approximate surface area is 286 Å². The molecule has 2 bridgehead atoms. The van der Waals surface area contributed by atoms with Crippen LogP contribution < -0.4 is 10.1 Å². The standard InChI is InChI=1S/C25H28N2O4.C12H13NO3.ClH/c1-27-13-12-25-11-3-2-4-20(25)22(27)14-17-7-10-19(15-21(17)25)31-24(30)26-18-8-5-16(6-9-18)23(28)29;1-12(2,3)16-11(15)9-4-6-10(7-5-9)13-8-14;/h5-10,15,20,22H,2-4,11-14H2,1H3,(H,26,30)(H,28,29);4-7H,1-3H3;1H/t20-,22+,25+;;/m1../s1. The molecule has 2 N–H and O–H groups in total. The third kappa shape index (κ3) is 8.31. The molecule has 1 amide bonds. The van der Waals surface area contributed by atoms with Crippen molar-refractivity contribution in [2.75, 3.05) is 18.9 Å². The van der Waals surface area contributed by atoms with Crippen LogP contribution in [0.25, 0.3) is 0 Å².